The summed E-state index contributed by atoms with van der Waals surface area (Å²) in [5, 5.41) is 0.480. The van der Waals surface area contributed by atoms with Gasteiger partial charge in [0, 0.05) is 12.8 Å². The topological polar surface area (TPSA) is 161 Å². The molecule has 2 saturated heterocycles. The number of benzene rings is 4. The van der Waals surface area contributed by atoms with Crippen LogP contribution in [0.4, 0.5) is 0 Å². The number of amides is 2. The molecule has 0 aromatic heterocycles. The van der Waals surface area contributed by atoms with Crippen LogP contribution in [0.5, 0.6) is 0 Å². The lowest BCUT2D eigenvalue weighted by atomic mass is 9.97. The Hall–Kier alpha value is -6.18. The van der Waals surface area contributed by atoms with E-state index in [1.165, 1.54) is 48.5 Å². The number of carbonyl (C=O) groups is 6. The molecule has 0 saturated carbocycles. The molecule has 2 amide bonds. The van der Waals surface area contributed by atoms with Crippen LogP contribution in [-0.2, 0) is 38.1 Å². The fraction of sp³-hybridized carbons (Fsp3) is 0.211. The minimum atomic E-state index is -1.82. The van der Waals surface area contributed by atoms with Crippen molar-refractivity contribution >= 4 is 35.7 Å². The lowest BCUT2D eigenvalue weighted by Gasteiger charge is -2.44. The monoisotopic (exact) mass is 693 g/mol. The highest BCUT2D eigenvalue weighted by molar-refractivity contribution is 6.00. The number of esters is 4. The molecule has 0 radical (unpaired) electrons. The summed E-state index contributed by atoms with van der Waals surface area (Å²) in [6.07, 6.45) is -8.63. The largest absolute Gasteiger partial charge is 0.459 e. The van der Waals surface area contributed by atoms with Crippen LogP contribution in [0.15, 0.2) is 121 Å². The lowest BCUT2D eigenvalue weighted by molar-refractivity contribution is -0.341. The van der Waals surface area contributed by atoms with Crippen molar-refractivity contribution in [2.75, 3.05) is 6.61 Å². The smallest absolute Gasteiger partial charge is 0.338 e. The molecule has 51 heavy (non-hydrogen) atoms. The Morgan fingerprint density at radius 3 is 1.33 bits per heavy atom. The number of imide groups is 1. The summed E-state index contributed by atoms with van der Waals surface area (Å²) in [7, 11) is 0. The van der Waals surface area contributed by atoms with Crippen LogP contribution >= 0.6 is 0 Å². The number of nitrogens with zero attached hydrogens (tertiary/aromatic N) is 1. The van der Waals surface area contributed by atoms with E-state index in [1.807, 2.05) is 0 Å². The highest BCUT2D eigenvalue weighted by atomic mass is 16.8. The molecule has 0 N–H and O–H groups in total. The third-order valence-corrected chi connectivity index (χ3v) is 7.95. The van der Waals surface area contributed by atoms with Crippen molar-refractivity contribution < 1.29 is 57.3 Å². The quantitative estimate of drug-likeness (QED) is 0.124. The Labute approximate surface area is 291 Å². The first-order valence-electron chi connectivity index (χ1n) is 16.0. The zero-order chi connectivity index (χ0) is 35.7. The third-order valence-electron chi connectivity index (χ3n) is 7.95. The summed E-state index contributed by atoms with van der Waals surface area (Å²) in [4.78, 5) is 84.8. The van der Waals surface area contributed by atoms with Crippen molar-refractivity contribution in [1.29, 1.82) is 0 Å². The van der Waals surface area contributed by atoms with Gasteiger partial charge in [0.2, 0.25) is 6.29 Å². The third kappa shape index (κ3) is 8.35. The van der Waals surface area contributed by atoms with E-state index in [9.17, 15) is 28.8 Å². The molecule has 0 unspecified atom stereocenters. The maximum Gasteiger partial charge on any atom is 0.338 e. The maximum atomic E-state index is 13.6. The van der Waals surface area contributed by atoms with Gasteiger partial charge in [0.25, 0.3) is 11.8 Å². The maximum absolute atomic E-state index is 13.6. The van der Waals surface area contributed by atoms with Crippen LogP contribution in [0.25, 0.3) is 0 Å². The minimum Gasteiger partial charge on any atom is -0.459 e. The molecule has 0 spiro atoms. The number of ether oxygens (including phenoxy) is 5. The predicted octanol–water partition coefficient (Wildman–Crippen LogP) is 4.33. The fourth-order valence-electron chi connectivity index (χ4n) is 5.39. The number of rotatable bonds is 11. The molecule has 260 valence electrons. The van der Waals surface area contributed by atoms with Gasteiger partial charge in [0.05, 0.1) is 22.3 Å². The van der Waals surface area contributed by atoms with E-state index >= 15 is 0 Å². The molecule has 4 aromatic carbocycles. The average molecular weight is 694 g/mol. The van der Waals surface area contributed by atoms with Crippen molar-refractivity contribution in [2.24, 2.45) is 0 Å². The molecule has 2 fully saturated rings. The molecule has 0 aliphatic carbocycles. The predicted molar refractivity (Wildman–Crippen MR) is 174 cm³/mol. The van der Waals surface area contributed by atoms with Crippen molar-refractivity contribution in [2.45, 2.75) is 43.5 Å². The number of hydrogen-bond donors (Lipinski definition) is 0. The lowest BCUT2D eigenvalue weighted by Crippen LogP contribution is -2.64. The SMILES string of the molecule is O=C(OC[C@H]1O[C@@H](ON2C(=O)CCC2=O)[C@H](OC(=O)c2ccccc2)[C@@H](OC(=O)c2ccccc2)[C@@H]1OC(=O)c1ccccc1)c1ccccc1. The zero-order valence-corrected chi connectivity index (χ0v) is 26.9. The standard InChI is InChI=1S/C38H31NO12/c40-29-21-22-30(41)39(29)51-38-33(50-37(45)27-19-11-4-12-20-27)32(49-36(44)26-17-9-3-10-18-26)31(48-35(43)25-15-7-2-8-16-25)28(47-38)23-46-34(42)24-13-5-1-6-14-24/h1-20,28,31-33,38H,21-23H2/t28-,31-,32+,33-,38+/m1/s1. The zero-order valence-electron chi connectivity index (χ0n) is 26.9. The van der Waals surface area contributed by atoms with E-state index in [0.717, 1.165) is 0 Å². The number of hydrogen-bond acceptors (Lipinski definition) is 12. The summed E-state index contributed by atoms with van der Waals surface area (Å²) < 4.78 is 29.5. The fourth-order valence-corrected chi connectivity index (χ4v) is 5.39. The van der Waals surface area contributed by atoms with Crippen LogP contribution in [0.1, 0.15) is 54.3 Å². The van der Waals surface area contributed by atoms with Gasteiger partial charge in [-0.1, -0.05) is 72.8 Å². The average Bonchev–Trinajstić information content (AvgIpc) is 3.49. The summed E-state index contributed by atoms with van der Waals surface area (Å²) in [5.41, 5.74) is 0.512. The van der Waals surface area contributed by atoms with E-state index in [-0.39, 0.29) is 35.1 Å². The molecule has 2 aliphatic heterocycles. The summed E-state index contributed by atoms with van der Waals surface area (Å²) in [5.74, 6) is -4.85. The normalized spacial score (nSPS) is 21.4. The van der Waals surface area contributed by atoms with Crippen molar-refractivity contribution in [1.82, 2.24) is 5.06 Å². The molecule has 2 aliphatic rings. The first-order chi connectivity index (χ1) is 24.8. The van der Waals surface area contributed by atoms with Crippen LogP contribution in [0.3, 0.4) is 0 Å². The number of hydroxylamine groups is 2. The first-order valence-corrected chi connectivity index (χ1v) is 16.0. The van der Waals surface area contributed by atoms with Gasteiger partial charge in [0.15, 0.2) is 18.3 Å². The van der Waals surface area contributed by atoms with E-state index in [0.29, 0.717) is 5.06 Å². The van der Waals surface area contributed by atoms with Crippen LogP contribution in [0.2, 0.25) is 0 Å². The second-order valence-electron chi connectivity index (χ2n) is 11.4. The van der Waals surface area contributed by atoms with Crippen molar-refractivity contribution in [3.8, 4) is 0 Å². The van der Waals surface area contributed by atoms with Crippen LogP contribution < -0.4 is 0 Å². The first kappa shape index (κ1) is 34.7. The Balaban J connectivity index is 1.41. The summed E-state index contributed by atoms with van der Waals surface area (Å²) in [6.45, 7) is -0.596. The molecule has 13 nitrogen and oxygen atoms in total. The minimum absolute atomic E-state index is 0.0921. The highest BCUT2D eigenvalue weighted by Crippen LogP contribution is 2.33. The molecule has 0 bridgehead atoms. The van der Waals surface area contributed by atoms with Gasteiger partial charge in [-0.05, 0) is 48.5 Å². The second kappa shape index (κ2) is 16.0. The highest BCUT2D eigenvalue weighted by Gasteiger charge is 2.55. The van der Waals surface area contributed by atoms with Gasteiger partial charge in [-0.15, -0.1) is 0 Å². The van der Waals surface area contributed by atoms with Gasteiger partial charge >= 0.3 is 23.9 Å². The molecule has 5 atom stereocenters. The van der Waals surface area contributed by atoms with Crippen molar-refractivity contribution in [3.63, 3.8) is 0 Å². The number of carbonyl (C=O) groups excluding carboxylic acids is 6. The molecular formula is C38H31NO12. The van der Waals surface area contributed by atoms with Crippen LogP contribution in [-0.4, -0.2) is 78.1 Å². The second-order valence-corrected chi connectivity index (χ2v) is 11.4. The van der Waals surface area contributed by atoms with E-state index in [2.05, 4.69) is 0 Å². The molecule has 13 heteroatoms. The Morgan fingerprint density at radius 2 is 0.902 bits per heavy atom. The van der Waals surface area contributed by atoms with E-state index < -0.39 is 73.0 Å². The van der Waals surface area contributed by atoms with Gasteiger partial charge in [-0.25, -0.2) is 24.0 Å². The van der Waals surface area contributed by atoms with Gasteiger partial charge in [-0.2, -0.15) is 5.06 Å². The van der Waals surface area contributed by atoms with E-state index in [4.69, 9.17) is 28.5 Å². The Bertz CT molecular complexity index is 1850. The van der Waals surface area contributed by atoms with Gasteiger partial charge in [0.1, 0.15) is 12.7 Å². The Kier molecular flexibility index (Phi) is 10.9. The molecule has 4 aromatic rings. The van der Waals surface area contributed by atoms with Gasteiger partial charge < -0.3 is 23.7 Å². The van der Waals surface area contributed by atoms with Gasteiger partial charge in [-0.3, -0.25) is 9.59 Å². The Morgan fingerprint density at radius 1 is 0.529 bits per heavy atom. The van der Waals surface area contributed by atoms with E-state index in [1.54, 1.807) is 72.8 Å². The molecule has 6 rings (SSSR count). The summed E-state index contributed by atoms with van der Waals surface area (Å²) >= 11 is 0. The molecular weight excluding hydrogens is 662 g/mol. The summed E-state index contributed by atoms with van der Waals surface area (Å²) in [6, 6.07) is 31.6. The molecule has 2 heterocycles. The van der Waals surface area contributed by atoms with Crippen molar-refractivity contribution in [3.05, 3.63) is 144 Å². The van der Waals surface area contributed by atoms with Crippen LogP contribution in [0, 0.1) is 0 Å².